The van der Waals surface area contributed by atoms with E-state index in [4.69, 9.17) is 4.74 Å². The molecule has 0 heterocycles. The molecule has 0 amide bonds. The molecule has 0 aliphatic carbocycles. The van der Waals surface area contributed by atoms with Crippen molar-refractivity contribution in [3.05, 3.63) is 53.6 Å². The van der Waals surface area contributed by atoms with Gasteiger partial charge in [0.15, 0.2) is 11.5 Å². The van der Waals surface area contributed by atoms with E-state index in [1.165, 1.54) is 11.1 Å². The maximum Gasteiger partial charge on any atom is 0.160 e. The molecule has 3 nitrogen and oxygen atoms in total. The molecule has 0 saturated carbocycles. The minimum absolute atomic E-state index is 0.177. The Kier molecular flexibility index (Phi) is 5.31. The molecular weight excluding hydrogens is 276 g/mol. The van der Waals surface area contributed by atoms with E-state index >= 15 is 0 Å². The molecule has 0 radical (unpaired) electrons. The van der Waals surface area contributed by atoms with Gasteiger partial charge in [-0.3, -0.25) is 0 Å². The average molecular weight is 300 g/mol. The van der Waals surface area contributed by atoms with Gasteiger partial charge in [-0.1, -0.05) is 32.0 Å². The van der Waals surface area contributed by atoms with Crippen LogP contribution in [0.2, 0.25) is 0 Å². The molecule has 0 aliphatic rings. The molecule has 0 bridgehead atoms. The average Bonchev–Trinajstić information content (AvgIpc) is 2.51. The van der Waals surface area contributed by atoms with Crippen molar-refractivity contribution in [1.82, 2.24) is 0 Å². The molecule has 22 heavy (non-hydrogen) atoms. The molecule has 0 spiro atoms. The van der Waals surface area contributed by atoms with Crippen LogP contribution in [-0.4, -0.2) is 17.3 Å². The van der Waals surface area contributed by atoms with Crippen molar-refractivity contribution in [2.24, 2.45) is 11.8 Å². The molecule has 2 aromatic carbocycles. The van der Waals surface area contributed by atoms with Gasteiger partial charge in [0, 0.05) is 0 Å². The van der Waals surface area contributed by atoms with Crippen molar-refractivity contribution in [2.75, 3.05) is 7.11 Å². The Balaban J connectivity index is 1.98. The third kappa shape index (κ3) is 4.17. The van der Waals surface area contributed by atoms with Gasteiger partial charge in [0.1, 0.15) is 5.75 Å². The van der Waals surface area contributed by atoms with Crippen LogP contribution in [0.5, 0.6) is 17.2 Å². The number of aromatic hydroxyl groups is 2. The minimum atomic E-state index is 0.177. The fourth-order valence-electron chi connectivity index (χ4n) is 2.63. The first kappa shape index (κ1) is 16.2. The molecule has 0 fully saturated rings. The monoisotopic (exact) mass is 300 g/mol. The predicted octanol–water partition coefficient (Wildman–Crippen LogP) is 4.16. The van der Waals surface area contributed by atoms with Crippen LogP contribution in [0.15, 0.2) is 42.5 Å². The summed E-state index contributed by atoms with van der Waals surface area (Å²) in [6.45, 7) is 4.49. The van der Waals surface area contributed by atoms with Crippen molar-refractivity contribution in [2.45, 2.75) is 26.7 Å². The predicted molar refractivity (Wildman–Crippen MR) is 88.5 cm³/mol. The fraction of sp³-hybridized carbons (Fsp3) is 0.368. The first-order valence-corrected chi connectivity index (χ1v) is 7.63. The van der Waals surface area contributed by atoms with Crippen LogP contribution in [-0.2, 0) is 12.8 Å². The Hall–Kier alpha value is -2.16. The van der Waals surface area contributed by atoms with Crippen molar-refractivity contribution in [3.63, 3.8) is 0 Å². The van der Waals surface area contributed by atoms with Crippen LogP contribution >= 0.6 is 0 Å². The molecule has 2 aromatic rings. The summed E-state index contributed by atoms with van der Waals surface area (Å²) in [5, 5.41) is 19.0. The Labute approximate surface area is 132 Å². The molecule has 2 atom stereocenters. The lowest BCUT2D eigenvalue weighted by Gasteiger charge is -2.20. The zero-order valence-electron chi connectivity index (χ0n) is 13.4. The zero-order chi connectivity index (χ0) is 16.1. The van der Waals surface area contributed by atoms with E-state index in [0.717, 1.165) is 12.8 Å². The van der Waals surface area contributed by atoms with Gasteiger partial charge in [-0.15, -0.1) is 0 Å². The van der Waals surface area contributed by atoms with Crippen LogP contribution in [0.1, 0.15) is 25.0 Å². The van der Waals surface area contributed by atoms with Gasteiger partial charge in [-0.2, -0.15) is 0 Å². The number of hydrogen-bond acceptors (Lipinski definition) is 3. The largest absolute Gasteiger partial charge is 0.508 e. The standard InChI is InChI=1S/C19H24O3/c1-13(10-15-4-7-17(20)8-5-15)14(2)11-16-6-9-18(21)19(12-16)22-3/h4-9,12-14,20-21H,10-11H2,1-3H3/t13-,14-/m1/s1. The van der Waals surface area contributed by atoms with Gasteiger partial charge in [0.05, 0.1) is 7.11 Å². The third-order valence-electron chi connectivity index (χ3n) is 4.27. The number of phenolic OH excluding ortho intramolecular Hbond substituents is 2. The SMILES string of the molecule is COc1cc(C[C@@H](C)[C@H](C)Cc2ccc(O)cc2)ccc1O. The second kappa shape index (κ2) is 7.21. The smallest absolute Gasteiger partial charge is 0.160 e. The fourth-order valence-corrected chi connectivity index (χ4v) is 2.63. The summed E-state index contributed by atoms with van der Waals surface area (Å²) in [6, 6.07) is 13.0. The number of benzene rings is 2. The minimum Gasteiger partial charge on any atom is -0.508 e. The van der Waals surface area contributed by atoms with Crippen LogP contribution < -0.4 is 4.74 Å². The lowest BCUT2D eigenvalue weighted by atomic mass is 9.85. The number of ether oxygens (including phenoxy) is 1. The summed E-state index contributed by atoms with van der Waals surface area (Å²) in [5.74, 6) is 2.03. The molecule has 3 heteroatoms. The van der Waals surface area contributed by atoms with Crippen molar-refractivity contribution in [3.8, 4) is 17.2 Å². The lowest BCUT2D eigenvalue weighted by Crippen LogP contribution is -2.13. The van der Waals surface area contributed by atoms with E-state index in [-0.39, 0.29) is 5.75 Å². The van der Waals surface area contributed by atoms with E-state index in [1.54, 1.807) is 25.3 Å². The number of hydrogen-bond donors (Lipinski definition) is 2. The lowest BCUT2D eigenvalue weighted by molar-refractivity contribution is 0.367. The normalized spacial score (nSPS) is 13.6. The molecule has 0 unspecified atom stereocenters. The highest BCUT2D eigenvalue weighted by molar-refractivity contribution is 5.41. The summed E-state index contributed by atoms with van der Waals surface area (Å²) < 4.78 is 5.16. The topological polar surface area (TPSA) is 49.7 Å². The highest BCUT2D eigenvalue weighted by Crippen LogP contribution is 2.29. The second-order valence-corrected chi connectivity index (χ2v) is 6.04. The van der Waals surface area contributed by atoms with Crippen LogP contribution in [0.3, 0.4) is 0 Å². The Bertz CT molecular complexity index is 605. The van der Waals surface area contributed by atoms with E-state index in [9.17, 15) is 10.2 Å². The van der Waals surface area contributed by atoms with E-state index < -0.39 is 0 Å². The maximum atomic E-state index is 9.65. The molecule has 0 aliphatic heterocycles. The third-order valence-corrected chi connectivity index (χ3v) is 4.27. The Morgan fingerprint density at radius 3 is 2.00 bits per heavy atom. The summed E-state index contributed by atoms with van der Waals surface area (Å²) >= 11 is 0. The van der Waals surface area contributed by atoms with Crippen LogP contribution in [0.25, 0.3) is 0 Å². The van der Waals surface area contributed by atoms with E-state index in [0.29, 0.717) is 23.3 Å². The molecule has 0 aromatic heterocycles. The van der Waals surface area contributed by atoms with Gasteiger partial charge in [-0.05, 0) is 60.1 Å². The van der Waals surface area contributed by atoms with Crippen LogP contribution in [0.4, 0.5) is 0 Å². The first-order valence-electron chi connectivity index (χ1n) is 7.63. The maximum absolute atomic E-state index is 9.65. The molecule has 118 valence electrons. The highest BCUT2D eigenvalue weighted by atomic mass is 16.5. The van der Waals surface area contributed by atoms with Crippen molar-refractivity contribution < 1.29 is 14.9 Å². The van der Waals surface area contributed by atoms with Gasteiger partial charge in [0.2, 0.25) is 0 Å². The Morgan fingerprint density at radius 1 is 0.864 bits per heavy atom. The summed E-state index contributed by atoms with van der Waals surface area (Å²) in [7, 11) is 1.57. The number of phenols is 2. The van der Waals surface area contributed by atoms with Gasteiger partial charge < -0.3 is 14.9 Å². The van der Waals surface area contributed by atoms with Crippen molar-refractivity contribution in [1.29, 1.82) is 0 Å². The van der Waals surface area contributed by atoms with Gasteiger partial charge >= 0.3 is 0 Å². The highest BCUT2D eigenvalue weighted by Gasteiger charge is 2.14. The molecule has 0 saturated heterocycles. The van der Waals surface area contributed by atoms with Gasteiger partial charge in [0.25, 0.3) is 0 Å². The Morgan fingerprint density at radius 2 is 1.41 bits per heavy atom. The van der Waals surface area contributed by atoms with E-state index in [1.807, 2.05) is 24.3 Å². The summed E-state index contributed by atoms with van der Waals surface area (Å²) in [5.41, 5.74) is 2.40. The zero-order valence-corrected chi connectivity index (χ0v) is 13.4. The quantitative estimate of drug-likeness (QED) is 0.842. The van der Waals surface area contributed by atoms with Crippen molar-refractivity contribution >= 4 is 0 Å². The first-order chi connectivity index (χ1) is 10.5. The van der Waals surface area contributed by atoms with Gasteiger partial charge in [-0.25, -0.2) is 0 Å². The second-order valence-electron chi connectivity index (χ2n) is 6.04. The summed E-state index contributed by atoms with van der Waals surface area (Å²) in [6.07, 6.45) is 1.92. The van der Waals surface area contributed by atoms with E-state index in [2.05, 4.69) is 13.8 Å². The molecule has 2 rings (SSSR count). The molecular formula is C19H24O3. The molecule has 2 N–H and O–H groups in total. The number of methoxy groups -OCH3 is 1. The van der Waals surface area contributed by atoms with Crippen LogP contribution in [0, 0.1) is 11.8 Å². The summed E-state index contributed by atoms with van der Waals surface area (Å²) in [4.78, 5) is 0. The number of rotatable bonds is 6.